The number of thioether (sulfide) groups is 1. The fourth-order valence-electron chi connectivity index (χ4n) is 2.13. The fraction of sp³-hybridized carbons (Fsp3) is 0.500. The number of hydrogen-bond acceptors (Lipinski definition) is 3. The Bertz CT molecular complexity index is 416. The van der Waals surface area contributed by atoms with Crippen molar-refractivity contribution in [2.45, 2.75) is 17.7 Å². The Balaban J connectivity index is 1.77. The van der Waals surface area contributed by atoms with Gasteiger partial charge in [0, 0.05) is 29.6 Å². The van der Waals surface area contributed by atoms with Crippen molar-refractivity contribution in [3.8, 4) is 0 Å². The lowest BCUT2D eigenvalue weighted by Crippen LogP contribution is -2.40. The zero-order chi connectivity index (χ0) is 13.7. The summed E-state index contributed by atoms with van der Waals surface area (Å²) in [6.45, 7) is 1.78. The topological polar surface area (TPSA) is 40.5 Å². The van der Waals surface area contributed by atoms with Gasteiger partial charge in [0.2, 0.25) is 5.91 Å². The SMILES string of the molecule is O=C(CSc1ccc(Cl)cc1)N1CCC(CO)CC1. The van der Waals surface area contributed by atoms with Crippen molar-refractivity contribution < 1.29 is 9.90 Å². The van der Waals surface area contributed by atoms with Crippen molar-refractivity contribution in [1.29, 1.82) is 0 Å². The second-order valence-electron chi connectivity index (χ2n) is 4.75. The first kappa shape index (κ1) is 14.7. The van der Waals surface area contributed by atoms with Gasteiger partial charge in [0.05, 0.1) is 5.75 Å². The van der Waals surface area contributed by atoms with Crippen LogP contribution in [0.5, 0.6) is 0 Å². The average Bonchev–Trinajstić information content (AvgIpc) is 2.46. The van der Waals surface area contributed by atoms with Crippen LogP contribution in [0.15, 0.2) is 29.2 Å². The van der Waals surface area contributed by atoms with Gasteiger partial charge in [-0.05, 0) is 43.0 Å². The molecule has 19 heavy (non-hydrogen) atoms. The Morgan fingerprint density at radius 1 is 1.32 bits per heavy atom. The van der Waals surface area contributed by atoms with Crippen LogP contribution in [-0.4, -0.2) is 41.4 Å². The number of aliphatic hydroxyl groups is 1. The molecular formula is C14H18ClNO2S. The van der Waals surface area contributed by atoms with E-state index >= 15 is 0 Å². The number of piperidine rings is 1. The Labute approximate surface area is 122 Å². The van der Waals surface area contributed by atoms with Crippen LogP contribution < -0.4 is 0 Å². The number of nitrogens with zero attached hydrogens (tertiary/aromatic N) is 1. The number of carbonyl (C=O) groups excluding carboxylic acids is 1. The van der Waals surface area contributed by atoms with E-state index in [2.05, 4.69) is 0 Å². The summed E-state index contributed by atoms with van der Waals surface area (Å²) in [7, 11) is 0. The molecule has 1 aromatic rings. The number of benzene rings is 1. The zero-order valence-electron chi connectivity index (χ0n) is 10.7. The summed E-state index contributed by atoms with van der Waals surface area (Å²) >= 11 is 7.36. The Morgan fingerprint density at radius 2 is 1.95 bits per heavy atom. The third-order valence-electron chi connectivity index (χ3n) is 3.40. The molecule has 1 amide bonds. The van der Waals surface area contributed by atoms with Crippen LogP contribution in [0, 0.1) is 5.92 Å². The van der Waals surface area contributed by atoms with Gasteiger partial charge < -0.3 is 10.0 Å². The summed E-state index contributed by atoms with van der Waals surface area (Å²) in [5.74, 6) is 1.01. The first-order valence-corrected chi connectivity index (χ1v) is 7.82. The number of hydrogen-bond donors (Lipinski definition) is 1. The molecule has 0 unspecified atom stereocenters. The molecule has 0 aliphatic carbocycles. The van der Waals surface area contributed by atoms with Crippen molar-refractivity contribution in [3.63, 3.8) is 0 Å². The summed E-state index contributed by atoms with van der Waals surface area (Å²) < 4.78 is 0. The molecule has 5 heteroatoms. The molecule has 1 heterocycles. The summed E-state index contributed by atoms with van der Waals surface area (Å²) in [6.07, 6.45) is 1.82. The van der Waals surface area contributed by atoms with E-state index in [-0.39, 0.29) is 12.5 Å². The van der Waals surface area contributed by atoms with Crippen molar-refractivity contribution in [1.82, 2.24) is 4.90 Å². The molecule has 0 radical (unpaired) electrons. The molecule has 104 valence electrons. The quantitative estimate of drug-likeness (QED) is 0.869. The number of amides is 1. The smallest absolute Gasteiger partial charge is 0.232 e. The highest BCUT2D eigenvalue weighted by molar-refractivity contribution is 8.00. The minimum atomic E-state index is 0.177. The van der Waals surface area contributed by atoms with E-state index in [1.54, 1.807) is 0 Å². The minimum Gasteiger partial charge on any atom is -0.396 e. The molecule has 1 aliphatic heterocycles. The highest BCUT2D eigenvalue weighted by Crippen LogP contribution is 2.22. The van der Waals surface area contributed by atoms with E-state index in [1.807, 2.05) is 29.2 Å². The Kier molecular flexibility index (Phi) is 5.55. The Hall–Kier alpha value is -0.710. The molecular weight excluding hydrogens is 282 g/mol. The molecule has 1 saturated heterocycles. The molecule has 0 bridgehead atoms. The lowest BCUT2D eigenvalue weighted by atomic mass is 9.98. The van der Waals surface area contributed by atoms with E-state index in [9.17, 15) is 4.79 Å². The number of aliphatic hydroxyl groups excluding tert-OH is 1. The van der Waals surface area contributed by atoms with Crippen LogP contribution in [-0.2, 0) is 4.79 Å². The minimum absolute atomic E-state index is 0.177. The Morgan fingerprint density at radius 3 is 2.53 bits per heavy atom. The highest BCUT2D eigenvalue weighted by Gasteiger charge is 2.21. The predicted octanol–water partition coefficient (Wildman–Crippen LogP) is 2.66. The van der Waals surface area contributed by atoms with E-state index in [4.69, 9.17) is 16.7 Å². The van der Waals surface area contributed by atoms with Gasteiger partial charge in [-0.3, -0.25) is 4.79 Å². The second-order valence-corrected chi connectivity index (χ2v) is 6.23. The van der Waals surface area contributed by atoms with Crippen molar-refractivity contribution in [2.75, 3.05) is 25.4 Å². The maximum atomic E-state index is 12.0. The third kappa shape index (κ3) is 4.41. The van der Waals surface area contributed by atoms with Gasteiger partial charge in [0.15, 0.2) is 0 Å². The van der Waals surface area contributed by atoms with Crippen LogP contribution in [0.4, 0.5) is 0 Å². The summed E-state index contributed by atoms with van der Waals surface area (Å²) in [4.78, 5) is 15.0. The monoisotopic (exact) mass is 299 g/mol. The summed E-state index contributed by atoms with van der Waals surface area (Å²) in [5, 5.41) is 9.78. The average molecular weight is 300 g/mol. The standard InChI is InChI=1S/C14H18ClNO2S/c15-12-1-3-13(4-2-12)19-10-14(18)16-7-5-11(9-17)6-8-16/h1-4,11,17H,5-10H2. The number of carbonyl (C=O) groups is 1. The molecule has 3 nitrogen and oxygen atoms in total. The van der Waals surface area contributed by atoms with Crippen molar-refractivity contribution >= 4 is 29.3 Å². The van der Waals surface area contributed by atoms with Crippen LogP contribution in [0.3, 0.4) is 0 Å². The first-order valence-electron chi connectivity index (χ1n) is 6.46. The van der Waals surface area contributed by atoms with Gasteiger partial charge in [0.25, 0.3) is 0 Å². The molecule has 1 N–H and O–H groups in total. The van der Waals surface area contributed by atoms with Crippen LogP contribution in [0.2, 0.25) is 5.02 Å². The summed E-state index contributed by atoms with van der Waals surface area (Å²) in [5.41, 5.74) is 0. The summed E-state index contributed by atoms with van der Waals surface area (Å²) in [6, 6.07) is 7.53. The molecule has 1 fully saturated rings. The normalized spacial score (nSPS) is 16.6. The third-order valence-corrected chi connectivity index (χ3v) is 4.65. The van der Waals surface area contributed by atoms with Gasteiger partial charge in [-0.1, -0.05) is 11.6 Å². The van der Waals surface area contributed by atoms with E-state index in [0.717, 1.165) is 30.8 Å². The zero-order valence-corrected chi connectivity index (χ0v) is 12.3. The van der Waals surface area contributed by atoms with E-state index in [0.29, 0.717) is 16.7 Å². The van der Waals surface area contributed by atoms with Gasteiger partial charge in [0.1, 0.15) is 0 Å². The highest BCUT2D eigenvalue weighted by atomic mass is 35.5. The molecule has 2 rings (SSSR count). The van der Waals surface area contributed by atoms with Crippen LogP contribution in [0.1, 0.15) is 12.8 Å². The number of halogens is 1. The molecule has 0 spiro atoms. The molecule has 0 aromatic heterocycles. The van der Waals surface area contributed by atoms with Gasteiger partial charge in [-0.15, -0.1) is 11.8 Å². The van der Waals surface area contributed by atoms with Gasteiger partial charge in [-0.25, -0.2) is 0 Å². The molecule has 0 saturated carbocycles. The van der Waals surface area contributed by atoms with Crippen LogP contribution in [0.25, 0.3) is 0 Å². The first-order chi connectivity index (χ1) is 9.19. The molecule has 0 atom stereocenters. The maximum absolute atomic E-state index is 12.0. The van der Waals surface area contributed by atoms with Gasteiger partial charge in [-0.2, -0.15) is 0 Å². The lowest BCUT2D eigenvalue weighted by Gasteiger charge is -2.31. The van der Waals surface area contributed by atoms with E-state index < -0.39 is 0 Å². The van der Waals surface area contributed by atoms with Crippen molar-refractivity contribution in [3.05, 3.63) is 29.3 Å². The predicted molar refractivity (Wildman–Crippen MR) is 78.6 cm³/mol. The van der Waals surface area contributed by atoms with Crippen LogP contribution >= 0.6 is 23.4 Å². The molecule has 1 aliphatic rings. The second kappa shape index (κ2) is 7.17. The largest absolute Gasteiger partial charge is 0.396 e. The number of rotatable bonds is 4. The molecule has 1 aromatic carbocycles. The maximum Gasteiger partial charge on any atom is 0.232 e. The fourth-order valence-corrected chi connectivity index (χ4v) is 3.06. The van der Waals surface area contributed by atoms with Gasteiger partial charge >= 0.3 is 0 Å². The number of likely N-dealkylation sites (tertiary alicyclic amines) is 1. The van der Waals surface area contributed by atoms with E-state index in [1.165, 1.54) is 11.8 Å². The van der Waals surface area contributed by atoms with Crippen molar-refractivity contribution in [2.24, 2.45) is 5.92 Å². The lowest BCUT2D eigenvalue weighted by molar-refractivity contribution is -0.129.